The molecule has 2 amide bonds. The third-order valence-corrected chi connectivity index (χ3v) is 8.47. The molecule has 3 atom stereocenters. The number of rotatable bonds is 5. The van der Waals surface area contributed by atoms with Gasteiger partial charge in [-0.3, -0.25) is 9.59 Å². The number of anilines is 1. The zero-order valence-electron chi connectivity index (χ0n) is 18.4. The summed E-state index contributed by atoms with van der Waals surface area (Å²) in [5.74, 6) is 0.715. The Kier molecular flexibility index (Phi) is 6.40. The first-order chi connectivity index (χ1) is 14.7. The SMILES string of the molecule is CC1CC(C)CN(S(=O)(=O)c2ccc(NC(=O)C3CCCN(C(=O)C4CC4)C3)cc2)C1. The van der Waals surface area contributed by atoms with Crippen LogP contribution in [0.2, 0.25) is 0 Å². The highest BCUT2D eigenvalue weighted by molar-refractivity contribution is 7.89. The summed E-state index contributed by atoms with van der Waals surface area (Å²) in [7, 11) is -3.54. The molecule has 3 fully saturated rings. The first-order valence-electron chi connectivity index (χ1n) is 11.4. The number of carbonyl (C=O) groups is 2. The first-order valence-corrected chi connectivity index (χ1v) is 12.9. The quantitative estimate of drug-likeness (QED) is 0.752. The Balaban J connectivity index is 1.38. The summed E-state index contributed by atoms with van der Waals surface area (Å²) in [6.07, 6.45) is 4.58. The Morgan fingerprint density at radius 1 is 0.935 bits per heavy atom. The van der Waals surface area contributed by atoms with E-state index < -0.39 is 10.0 Å². The molecule has 3 aliphatic rings. The fourth-order valence-corrected chi connectivity index (χ4v) is 6.57. The second-order valence-corrected chi connectivity index (χ2v) is 11.6. The fourth-order valence-electron chi connectivity index (χ4n) is 4.89. The van der Waals surface area contributed by atoms with Crippen LogP contribution >= 0.6 is 0 Å². The third kappa shape index (κ3) is 5.12. The number of carbonyl (C=O) groups excluding carboxylic acids is 2. The van der Waals surface area contributed by atoms with Gasteiger partial charge in [0.05, 0.1) is 10.8 Å². The molecule has 1 aromatic rings. The van der Waals surface area contributed by atoms with Crippen LogP contribution in [0.5, 0.6) is 0 Å². The molecule has 2 saturated heterocycles. The average Bonchev–Trinajstić information content (AvgIpc) is 3.58. The number of hydrogen-bond donors (Lipinski definition) is 1. The highest BCUT2D eigenvalue weighted by Crippen LogP contribution is 2.33. The van der Waals surface area contributed by atoms with Crippen LogP contribution in [0.25, 0.3) is 0 Å². The van der Waals surface area contributed by atoms with Gasteiger partial charge in [-0.25, -0.2) is 8.42 Å². The van der Waals surface area contributed by atoms with Gasteiger partial charge in [0.2, 0.25) is 21.8 Å². The fraction of sp³-hybridized carbons (Fsp3) is 0.652. The van der Waals surface area contributed by atoms with Gasteiger partial charge in [0.15, 0.2) is 0 Å². The number of amides is 2. The number of piperidine rings is 2. The lowest BCUT2D eigenvalue weighted by molar-refractivity contribution is -0.135. The Morgan fingerprint density at radius 3 is 2.19 bits per heavy atom. The van der Waals surface area contributed by atoms with Crippen LogP contribution in [0.1, 0.15) is 46.0 Å². The molecule has 2 heterocycles. The maximum absolute atomic E-state index is 13.0. The van der Waals surface area contributed by atoms with Gasteiger partial charge in [0, 0.05) is 37.8 Å². The number of sulfonamides is 1. The van der Waals surface area contributed by atoms with E-state index in [-0.39, 0.29) is 28.5 Å². The average molecular weight is 448 g/mol. The zero-order valence-corrected chi connectivity index (χ0v) is 19.2. The molecule has 170 valence electrons. The van der Waals surface area contributed by atoms with Crippen molar-refractivity contribution in [3.05, 3.63) is 24.3 Å². The van der Waals surface area contributed by atoms with E-state index >= 15 is 0 Å². The number of hydrogen-bond acceptors (Lipinski definition) is 4. The molecule has 1 N–H and O–H groups in total. The Hall–Kier alpha value is -1.93. The van der Waals surface area contributed by atoms with Crippen molar-refractivity contribution in [2.45, 2.75) is 50.8 Å². The van der Waals surface area contributed by atoms with Crippen molar-refractivity contribution in [1.29, 1.82) is 0 Å². The highest BCUT2D eigenvalue weighted by Gasteiger charge is 2.37. The molecule has 0 bridgehead atoms. The maximum Gasteiger partial charge on any atom is 0.243 e. The van der Waals surface area contributed by atoms with Crippen LogP contribution in [0, 0.1) is 23.7 Å². The molecule has 1 aliphatic carbocycles. The Morgan fingerprint density at radius 2 is 1.58 bits per heavy atom. The van der Waals surface area contributed by atoms with Crippen LogP contribution < -0.4 is 5.32 Å². The lowest BCUT2D eigenvalue weighted by Gasteiger charge is -2.34. The van der Waals surface area contributed by atoms with Crippen LogP contribution in [0.3, 0.4) is 0 Å². The predicted molar refractivity (Wildman–Crippen MR) is 119 cm³/mol. The molecule has 0 radical (unpaired) electrons. The molecule has 2 aliphatic heterocycles. The van der Waals surface area contributed by atoms with Crippen LogP contribution in [0.15, 0.2) is 29.2 Å². The molecule has 7 nitrogen and oxygen atoms in total. The summed E-state index contributed by atoms with van der Waals surface area (Å²) in [6, 6.07) is 6.44. The lowest BCUT2D eigenvalue weighted by atomic mass is 9.94. The molecule has 31 heavy (non-hydrogen) atoms. The van der Waals surface area contributed by atoms with E-state index in [9.17, 15) is 18.0 Å². The summed E-state index contributed by atoms with van der Waals surface area (Å²) in [5, 5.41) is 2.90. The monoisotopic (exact) mass is 447 g/mol. The largest absolute Gasteiger partial charge is 0.342 e. The van der Waals surface area contributed by atoms with Crippen molar-refractivity contribution in [3.63, 3.8) is 0 Å². The molecule has 1 aromatic carbocycles. The van der Waals surface area contributed by atoms with Crippen LogP contribution in [-0.2, 0) is 19.6 Å². The van der Waals surface area contributed by atoms with Crippen molar-refractivity contribution < 1.29 is 18.0 Å². The van der Waals surface area contributed by atoms with Crippen molar-refractivity contribution >= 4 is 27.5 Å². The highest BCUT2D eigenvalue weighted by atomic mass is 32.2. The first kappa shape index (κ1) is 22.3. The summed E-state index contributed by atoms with van der Waals surface area (Å²) in [5.41, 5.74) is 0.579. The number of likely N-dealkylation sites (tertiary alicyclic amines) is 1. The maximum atomic E-state index is 13.0. The molecular formula is C23H33N3O4S. The standard InChI is InChI=1S/C23H33N3O4S/c1-16-12-17(2)14-26(13-16)31(29,30)21-9-7-20(8-10-21)24-22(27)19-4-3-11-25(15-19)23(28)18-5-6-18/h7-10,16-19H,3-6,11-15H2,1-2H3,(H,24,27). The van der Waals surface area contributed by atoms with Gasteiger partial charge < -0.3 is 10.2 Å². The minimum atomic E-state index is -3.54. The molecule has 8 heteroatoms. The normalized spacial score (nSPS) is 27.7. The summed E-state index contributed by atoms with van der Waals surface area (Å²) >= 11 is 0. The van der Waals surface area contributed by atoms with Crippen molar-refractivity contribution in [3.8, 4) is 0 Å². The van der Waals surface area contributed by atoms with E-state index in [2.05, 4.69) is 19.2 Å². The molecule has 0 spiro atoms. The van der Waals surface area contributed by atoms with E-state index in [1.807, 2.05) is 4.90 Å². The van der Waals surface area contributed by atoms with E-state index in [1.54, 1.807) is 28.6 Å². The van der Waals surface area contributed by atoms with Gasteiger partial charge in [-0.15, -0.1) is 0 Å². The van der Waals surface area contributed by atoms with Gasteiger partial charge in [0.1, 0.15) is 0 Å². The second-order valence-electron chi connectivity index (χ2n) is 9.68. The van der Waals surface area contributed by atoms with Crippen molar-refractivity contribution in [2.24, 2.45) is 23.7 Å². The molecule has 4 rings (SSSR count). The van der Waals surface area contributed by atoms with E-state index in [0.717, 1.165) is 38.6 Å². The minimum Gasteiger partial charge on any atom is -0.342 e. The van der Waals surface area contributed by atoms with Crippen molar-refractivity contribution in [2.75, 3.05) is 31.5 Å². The Labute approximate surface area is 185 Å². The topological polar surface area (TPSA) is 86.8 Å². The van der Waals surface area contributed by atoms with E-state index in [4.69, 9.17) is 0 Å². The molecule has 3 unspecified atom stereocenters. The molecule has 0 aromatic heterocycles. The number of benzene rings is 1. The van der Waals surface area contributed by atoms with Gasteiger partial charge >= 0.3 is 0 Å². The van der Waals surface area contributed by atoms with E-state index in [0.29, 0.717) is 37.2 Å². The summed E-state index contributed by atoms with van der Waals surface area (Å²) in [4.78, 5) is 27.2. The number of nitrogens with zero attached hydrogens (tertiary/aromatic N) is 2. The van der Waals surface area contributed by atoms with Crippen LogP contribution in [0.4, 0.5) is 5.69 Å². The van der Waals surface area contributed by atoms with Gasteiger partial charge in [0.25, 0.3) is 0 Å². The predicted octanol–water partition coefficient (Wildman–Crippen LogP) is 2.94. The molecular weight excluding hydrogens is 414 g/mol. The third-order valence-electron chi connectivity index (χ3n) is 6.63. The van der Waals surface area contributed by atoms with Crippen molar-refractivity contribution in [1.82, 2.24) is 9.21 Å². The minimum absolute atomic E-state index is 0.109. The van der Waals surface area contributed by atoms with Gasteiger partial charge in [-0.2, -0.15) is 4.31 Å². The lowest BCUT2D eigenvalue weighted by Crippen LogP contribution is -2.44. The number of nitrogens with one attached hydrogen (secondary N) is 1. The zero-order chi connectivity index (χ0) is 22.2. The van der Waals surface area contributed by atoms with E-state index in [1.165, 1.54) is 0 Å². The smallest absolute Gasteiger partial charge is 0.243 e. The van der Waals surface area contributed by atoms with Crippen LogP contribution in [-0.4, -0.2) is 55.6 Å². The second kappa shape index (κ2) is 8.90. The summed E-state index contributed by atoms with van der Waals surface area (Å²) < 4.78 is 27.6. The van der Waals surface area contributed by atoms with Gasteiger partial charge in [-0.05, 0) is 68.2 Å². The van der Waals surface area contributed by atoms with Gasteiger partial charge in [-0.1, -0.05) is 13.8 Å². The molecule has 1 saturated carbocycles. The Bertz CT molecular complexity index is 917. The summed E-state index contributed by atoms with van der Waals surface area (Å²) in [6.45, 7) is 6.47.